The van der Waals surface area contributed by atoms with Crippen LogP contribution in [0.3, 0.4) is 0 Å². The minimum atomic E-state index is -0.923. The first-order chi connectivity index (χ1) is 15.8. The number of carbonyl (C=O) groups is 1. The number of carboxylic acid groups (broad SMARTS) is 1. The second-order valence-electron chi connectivity index (χ2n) is 7.92. The van der Waals surface area contributed by atoms with Gasteiger partial charge in [-0.3, -0.25) is 4.79 Å². The standard InChI is InChI=1S/C24H21FN4O4/c1-13(2)32-20-6-4-14(8-16(20)11-26)24-27-23(28-33-24)19-10-17(25)9-18-15(5-7-21(30)31)12-29(3)22(18)19/h4,6,8-10,12-13H,5,7H2,1-3H3,(H,30,31). The molecule has 2 heterocycles. The van der Waals surface area contributed by atoms with Gasteiger partial charge in [0.15, 0.2) is 0 Å². The van der Waals surface area contributed by atoms with Crippen molar-refractivity contribution in [1.29, 1.82) is 5.26 Å². The first-order valence-corrected chi connectivity index (χ1v) is 10.3. The van der Waals surface area contributed by atoms with Gasteiger partial charge in [0.1, 0.15) is 17.6 Å². The van der Waals surface area contributed by atoms with Gasteiger partial charge in [0.2, 0.25) is 5.82 Å². The summed E-state index contributed by atoms with van der Waals surface area (Å²) >= 11 is 0. The molecule has 0 saturated carbocycles. The molecule has 0 spiro atoms. The van der Waals surface area contributed by atoms with E-state index in [1.54, 1.807) is 36.0 Å². The maximum absolute atomic E-state index is 14.5. The first-order valence-electron chi connectivity index (χ1n) is 10.3. The zero-order chi connectivity index (χ0) is 23.7. The fourth-order valence-corrected chi connectivity index (χ4v) is 3.76. The molecular formula is C24H21FN4O4. The monoisotopic (exact) mass is 448 g/mol. The van der Waals surface area contributed by atoms with Crippen LogP contribution < -0.4 is 4.74 Å². The summed E-state index contributed by atoms with van der Waals surface area (Å²) in [5.74, 6) is -0.598. The molecule has 0 saturated heterocycles. The summed E-state index contributed by atoms with van der Waals surface area (Å²) in [7, 11) is 1.79. The molecule has 2 aromatic carbocycles. The number of halogens is 1. The summed E-state index contributed by atoms with van der Waals surface area (Å²) in [6.45, 7) is 3.74. The molecule has 4 rings (SSSR count). The number of aliphatic carboxylic acids is 1. The quantitative estimate of drug-likeness (QED) is 0.435. The number of hydrogen-bond donors (Lipinski definition) is 1. The van der Waals surface area contributed by atoms with Crippen LogP contribution in [-0.2, 0) is 18.3 Å². The maximum Gasteiger partial charge on any atom is 0.303 e. The Kier molecular flexibility index (Phi) is 5.84. The molecule has 1 N–H and O–H groups in total. The van der Waals surface area contributed by atoms with Crippen molar-refractivity contribution in [3.8, 4) is 34.7 Å². The molecule has 0 bridgehead atoms. The van der Waals surface area contributed by atoms with Gasteiger partial charge in [-0.1, -0.05) is 5.16 Å². The lowest BCUT2D eigenvalue weighted by molar-refractivity contribution is -0.136. The highest BCUT2D eigenvalue weighted by atomic mass is 19.1. The number of hydrogen-bond acceptors (Lipinski definition) is 6. The molecule has 0 aliphatic rings. The Hall–Kier alpha value is -4.19. The average Bonchev–Trinajstić information content (AvgIpc) is 3.37. The van der Waals surface area contributed by atoms with Crippen molar-refractivity contribution in [2.24, 2.45) is 7.05 Å². The van der Waals surface area contributed by atoms with Gasteiger partial charge < -0.3 is 18.9 Å². The number of benzene rings is 2. The highest BCUT2D eigenvalue weighted by molar-refractivity contribution is 5.95. The molecule has 0 aliphatic carbocycles. The van der Waals surface area contributed by atoms with Crippen LogP contribution in [0.5, 0.6) is 5.75 Å². The van der Waals surface area contributed by atoms with E-state index in [0.717, 1.165) is 5.56 Å². The van der Waals surface area contributed by atoms with Crippen molar-refractivity contribution in [3.05, 3.63) is 53.5 Å². The summed E-state index contributed by atoms with van der Waals surface area (Å²) in [4.78, 5) is 15.4. The van der Waals surface area contributed by atoms with Crippen LogP contribution >= 0.6 is 0 Å². The number of carboxylic acids is 1. The smallest absolute Gasteiger partial charge is 0.303 e. The number of fused-ring (bicyclic) bond motifs is 1. The van der Waals surface area contributed by atoms with E-state index in [9.17, 15) is 14.4 Å². The summed E-state index contributed by atoms with van der Waals surface area (Å²) in [6.07, 6.45) is 1.91. The number of nitriles is 1. The highest BCUT2D eigenvalue weighted by Gasteiger charge is 2.20. The molecule has 9 heteroatoms. The third-order valence-corrected chi connectivity index (χ3v) is 5.11. The highest BCUT2D eigenvalue weighted by Crippen LogP contribution is 2.33. The van der Waals surface area contributed by atoms with Gasteiger partial charge >= 0.3 is 5.97 Å². The number of ether oxygens (including phenoxy) is 1. The molecule has 0 radical (unpaired) electrons. The van der Waals surface area contributed by atoms with Crippen molar-refractivity contribution in [1.82, 2.24) is 14.7 Å². The van der Waals surface area contributed by atoms with Gasteiger partial charge in [-0.2, -0.15) is 10.2 Å². The third kappa shape index (κ3) is 4.41. The van der Waals surface area contributed by atoms with Gasteiger partial charge in [0, 0.05) is 36.2 Å². The van der Waals surface area contributed by atoms with Crippen molar-refractivity contribution < 1.29 is 23.6 Å². The summed E-state index contributed by atoms with van der Waals surface area (Å²) in [5.41, 5.74) is 2.67. The molecular weight excluding hydrogens is 427 g/mol. The number of rotatable bonds is 7. The van der Waals surface area contributed by atoms with Crippen LogP contribution in [0.15, 0.2) is 41.1 Å². The minimum Gasteiger partial charge on any atom is -0.490 e. The molecule has 33 heavy (non-hydrogen) atoms. The topological polar surface area (TPSA) is 114 Å². The molecule has 0 amide bonds. The van der Waals surface area contributed by atoms with Crippen LogP contribution in [0.4, 0.5) is 4.39 Å². The van der Waals surface area contributed by atoms with Crippen molar-refractivity contribution in [2.75, 3.05) is 0 Å². The number of aryl methyl sites for hydroxylation is 2. The SMILES string of the molecule is CC(C)Oc1ccc(-c2nc(-c3cc(F)cc4c(CCC(=O)O)cn(C)c34)no2)cc1C#N. The summed E-state index contributed by atoms with van der Waals surface area (Å²) in [6, 6.07) is 9.78. The average molecular weight is 448 g/mol. The van der Waals surface area contributed by atoms with Crippen molar-refractivity contribution in [2.45, 2.75) is 32.8 Å². The Morgan fingerprint density at radius 3 is 2.82 bits per heavy atom. The molecule has 0 fully saturated rings. The van der Waals surface area contributed by atoms with Gasteiger partial charge in [0.25, 0.3) is 5.89 Å². The van der Waals surface area contributed by atoms with Crippen LogP contribution in [-0.4, -0.2) is 31.9 Å². The Morgan fingerprint density at radius 1 is 1.33 bits per heavy atom. The fourth-order valence-electron chi connectivity index (χ4n) is 3.76. The summed E-state index contributed by atoms with van der Waals surface area (Å²) < 4.78 is 27.3. The maximum atomic E-state index is 14.5. The normalized spacial score (nSPS) is 11.2. The molecule has 8 nitrogen and oxygen atoms in total. The minimum absolute atomic E-state index is 0.0605. The van der Waals surface area contributed by atoms with Gasteiger partial charge in [-0.25, -0.2) is 4.39 Å². The predicted octanol–water partition coefficient (Wildman–Crippen LogP) is 4.71. The van der Waals surface area contributed by atoms with Crippen LogP contribution in [0.1, 0.15) is 31.4 Å². The lowest BCUT2D eigenvalue weighted by Crippen LogP contribution is -2.06. The zero-order valence-corrected chi connectivity index (χ0v) is 18.3. The molecule has 168 valence electrons. The van der Waals surface area contributed by atoms with E-state index in [1.165, 1.54) is 12.1 Å². The lowest BCUT2D eigenvalue weighted by atomic mass is 10.0. The van der Waals surface area contributed by atoms with Gasteiger partial charge in [0.05, 0.1) is 17.2 Å². The molecule has 0 aliphatic heterocycles. The predicted molar refractivity (Wildman–Crippen MR) is 118 cm³/mol. The number of aromatic nitrogens is 3. The van der Waals surface area contributed by atoms with Crippen LogP contribution in [0, 0.1) is 17.1 Å². The van der Waals surface area contributed by atoms with Gasteiger partial charge in [-0.05, 0) is 56.2 Å². The lowest BCUT2D eigenvalue weighted by Gasteiger charge is -2.11. The Morgan fingerprint density at radius 2 is 2.12 bits per heavy atom. The van der Waals surface area contributed by atoms with Gasteiger partial charge in [-0.15, -0.1) is 0 Å². The Balaban J connectivity index is 1.75. The van der Waals surface area contributed by atoms with Crippen molar-refractivity contribution in [3.63, 3.8) is 0 Å². The van der Waals surface area contributed by atoms with E-state index in [1.807, 2.05) is 13.8 Å². The summed E-state index contributed by atoms with van der Waals surface area (Å²) in [5, 5.41) is 23.1. The fraction of sp³-hybridized carbons (Fsp3) is 0.250. The molecule has 0 atom stereocenters. The van der Waals surface area contributed by atoms with E-state index in [-0.39, 0.29) is 30.7 Å². The second-order valence-corrected chi connectivity index (χ2v) is 7.92. The molecule has 2 aromatic heterocycles. The molecule has 4 aromatic rings. The zero-order valence-electron chi connectivity index (χ0n) is 18.3. The first kappa shape index (κ1) is 22.0. The number of nitrogens with zero attached hydrogens (tertiary/aromatic N) is 4. The van der Waals surface area contributed by atoms with E-state index in [2.05, 4.69) is 16.2 Å². The van der Waals surface area contributed by atoms with E-state index in [4.69, 9.17) is 14.4 Å². The van der Waals surface area contributed by atoms with Crippen LogP contribution in [0.25, 0.3) is 33.7 Å². The largest absolute Gasteiger partial charge is 0.490 e. The van der Waals surface area contributed by atoms with Crippen LogP contribution in [0.2, 0.25) is 0 Å². The van der Waals surface area contributed by atoms with E-state index >= 15 is 0 Å². The van der Waals surface area contributed by atoms with E-state index < -0.39 is 11.8 Å². The Bertz CT molecular complexity index is 1400. The van der Waals surface area contributed by atoms with E-state index in [0.29, 0.717) is 33.3 Å². The Labute approximate surface area is 188 Å². The third-order valence-electron chi connectivity index (χ3n) is 5.11. The molecule has 0 unspecified atom stereocenters. The second kappa shape index (κ2) is 8.74. The van der Waals surface area contributed by atoms with Crippen molar-refractivity contribution >= 4 is 16.9 Å².